The van der Waals surface area contributed by atoms with E-state index >= 15 is 0 Å². The molecule has 1 aliphatic carbocycles. The maximum absolute atomic E-state index is 12.5. The fourth-order valence-electron chi connectivity index (χ4n) is 3.10. The van der Waals surface area contributed by atoms with Crippen LogP contribution in [-0.4, -0.2) is 42.4 Å². The van der Waals surface area contributed by atoms with Gasteiger partial charge in [-0.1, -0.05) is 23.5 Å². The van der Waals surface area contributed by atoms with E-state index in [-0.39, 0.29) is 17.2 Å². The summed E-state index contributed by atoms with van der Waals surface area (Å²) in [6, 6.07) is 4.01. The highest BCUT2D eigenvalue weighted by Crippen LogP contribution is 2.32. The average Bonchev–Trinajstić information content (AvgIpc) is 2.63. The molecule has 1 unspecified atom stereocenters. The zero-order valence-electron chi connectivity index (χ0n) is 15.9. The van der Waals surface area contributed by atoms with Gasteiger partial charge >= 0.3 is 0 Å². The van der Waals surface area contributed by atoms with E-state index in [2.05, 4.69) is 25.3 Å². The van der Waals surface area contributed by atoms with E-state index in [1.807, 2.05) is 32.9 Å². The predicted molar refractivity (Wildman–Crippen MR) is 109 cm³/mol. The van der Waals surface area contributed by atoms with Crippen molar-refractivity contribution in [1.82, 2.24) is 25.3 Å². The minimum atomic E-state index is -0.212. The summed E-state index contributed by atoms with van der Waals surface area (Å²) in [6.07, 6.45) is 7.67. The maximum atomic E-state index is 12.5. The topological polar surface area (TPSA) is 80.7 Å². The Kier molecular flexibility index (Phi) is 7.07. The Bertz CT molecular complexity index is 746. The minimum absolute atomic E-state index is 0.0604. The lowest BCUT2D eigenvalue weighted by Crippen LogP contribution is -2.41. The molecule has 2 aromatic heterocycles. The third-order valence-electron chi connectivity index (χ3n) is 4.45. The quantitative estimate of drug-likeness (QED) is 0.583. The van der Waals surface area contributed by atoms with Crippen molar-refractivity contribution in [2.75, 3.05) is 0 Å². The van der Waals surface area contributed by atoms with Gasteiger partial charge in [0.1, 0.15) is 0 Å². The Hall–Kier alpha value is -1.67. The lowest BCUT2D eigenvalue weighted by molar-refractivity contribution is -0.121. The van der Waals surface area contributed by atoms with E-state index in [4.69, 9.17) is 0 Å². The van der Waals surface area contributed by atoms with Crippen LogP contribution < -0.4 is 5.32 Å². The van der Waals surface area contributed by atoms with Gasteiger partial charge in [0.05, 0.1) is 5.25 Å². The van der Waals surface area contributed by atoms with E-state index < -0.39 is 0 Å². The zero-order valence-corrected chi connectivity index (χ0v) is 17.5. The molecule has 1 atom stereocenters. The molecule has 1 amide bonds. The molecule has 0 radical (unpaired) electrons. The molecule has 2 aromatic rings. The Balaban J connectivity index is 1.44. The highest BCUT2D eigenvalue weighted by molar-refractivity contribution is 8.00. The first-order chi connectivity index (χ1) is 13.0. The van der Waals surface area contributed by atoms with Crippen molar-refractivity contribution in [1.29, 1.82) is 0 Å². The molecule has 8 heteroatoms. The highest BCUT2D eigenvalue weighted by Gasteiger charge is 2.25. The molecule has 0 aromatic carbocycles. The van der Waals surface area contributed by atoms with Crippen LogP contribution in [0.3, 0.4) is 0 Å². The first-order valence-electron chi connectivity index (χ1n) is 9.22. The normalized spacial score (nSPS) is 20.9. The number of aryl methyl sites for hydroxylation is 2. The monoisotopic (exact) mass is 403 g/mol. The van der Waals surface area contributed by atoms with Crippen LogP contribution in [0.2, 0.25) is 0 Å². The standard InChI is InChI=1S/C19H25N5OS2/c1-12-11-13(2)23-19(22-12)26-14(3)17(25)24-15-5-7-16(8-6-15)27-18-20-9-4-10-21-18/h4,9-11,14-16H,5-8H2,1-3H3,(H,24,25). The smallest absolute Gasteiger partial charge is 0.233 e. The summed E-state index contributed by atoms with van der Waals surface area (Å²) in [5.74, 6) is 0.0604. The molecule has 0 bridgehead atoms. The maximum Gasteiger partial charge on any atom is 0.233 e. The molecule has 0 aliphatic heterocycles. The molecule has 6 nitrogen and oxygen atoms in total. The molecule has 1 saturated carbocycles. The van der Waals surface area contributed by atoms with E-state index in [9.17, 15) is 4.79 Å². The number of hydrogen-bond acceptors (Lipinski definition) is 7. The molecule has 0 spiro atoms. The molecule has 27 heavy (non-hydrogen) atoms. The van der Waals surface area contributed by atoms with Crippen LogP contribution in [0.1, 0.15) is 44.0 Å². The number of hydrogen-bond donors (Lipinski definition) is 1. The van der Waals surface area contributed by atoms with Crippen LogP contribution in [0.15, 0.2) is 34.8 Å². The molecule has 1 aliphatic rings. The van der Waals surface area contributed by atoms with Gasteiger partial charge in [0.2, 0.25) is 5.91 Å². The second-order valence-electron chi connectivity index (χ2n) is 6.82. The van der Waals surface area contributed by atoms with Crippen molar-refractivity contribution in [3.8, 4) is 0 Å². The van der Waals surface area contributed by atoms with E-state index in [0.29, 0.717) is 10.4 Å². The van der Waals surface area contributed by atoms with Crippen molar-refractivity contribution < 1.29 is 4.79 Å². The number of nitrogens with one attached hydrogen (secondary N) is 1. The van der Waals surface area contributed by atoms with Gasteiger partial charge in [0.15, 0.2) is 10.3 Å². The van der Waals surface area contributed by atoms with Crippen molar-refractivity contribution in [3.63, 3.8) is 0 Å². The van der Waals surface area contributed by atoms with Crippen LogP contribution >= 0.6 is 23.5 Å². The summed E-state index contributed by atoms with van der Waals surface area (Å²) < 4.78 is 0. The van der Waals surface area contributed by atoms with Crippen molar-refractivity contribution in [2.24, 2.45) is 0 Å². The molecule has 3 rings (SSSR count). The Labute approximate surface area is 168 Å². The molecule has 1 N–H and O–H groups in total. The number of nitrogens with zero attached hydrogens (tertiary/aromatic N) is 4. The highest BCUT2D eigenvalue weighted by atomic mass is 32.2. The molecule has 1 fully saturated rings. The first kappa shape index (κ1) is 20.1. The summed E-state index contributed by atoms with van der Waals surface area (Å²) >= 11 is 3.16. The molecule has 0 saturated heterocycles. The Morgan fingerprint density at radius 3 is 2.33 bits per heavy atom. The van der Waals surface area contributed by atoms with Gasteiger partial charge in [0, 0.05) is 35.1 Å². The zero-order chi connectivity index (χ0) is 19.2. The van der Waals surface area contributed by atoms with E-state index in [1.54, 1.807) is 24.2 Å². The van der Waals surface area contributed by atoms with Gasteiger partial charge < -0.3 is 5.32 Å². The largest absolute Gasteiger partial charge is 0.352 e. The third-order valence-corrected chi connectivity index (χ3v) is 6.64. The predicted octanol–water partition coefficient (Wildman–Crippen LogP) is 3.58. The second kappa shape index (κ2) is 9.50. The lowest BCUT2D eigenvalue weighted by Gasteiger charge is -2.29. The van der Waals surface area contributed by atoms with Crippen LogP contribution in [0.4, 0.5) is 0 Å². The number of aromatic nitrogens is 4. The van der Waals surface area contributed by atoms with Crippen molar-refractivity contribution in [3.05, 3.63) is 35.9 Å². The lowest BCUT2D eigenvalue weighted by atomic mass is 9.95. The average molecular weight is 404 g/mol. The van der Waals surface area contributed by atoms with Crippen LogP contribution in [0, 0.1) is 13.8 Å². The first-order valence-corrected chi connectivity index (χ1v) is 11.0. The SMILES string of the molecule is Cc1cc(C)nc(SC(C)C(=O)NC2CCC(Sc3ncccn3)CC2)n1. The van der Waals surface area contributed by atoms with Crippen LogP contribution in [-0.2, 0) is 4.79 Å². The summed E-state index contributed by atoms with van der Waals surface area (Å²) in [6.45, 7) is 5.80. The summed E-state index contributed by atoms with van der Waals surface area (Å²) in [7, 11) is 0. The summed E-state index contributed by atoms with van der Waals surface area (Å²) in [4.78, 5) is 29.9. The van der Waals surface area contributed by atoms with Gasteiger partial charge in [-0.2, -0.15) is 0 Å². The third kappa shape index (κ3) is 6.17. The molecule has 144 valence electrons. The Morgan fingerprint density at radius 2 is 1.70 bits per heavy atom. The van der Waals surface area contributed by atoms with Crippen molar-refractivity contribution in [2.45, 2.75) is 73.3 Å². The molecular formula is C19H25N5OS2. The van der Waals surface area contributed by atoms with Crippen molar-refractivity contribution >= 4 is 29.4 Å². The number of rotatable bonds is 6. The van der Waals surface area contributed by atoms with Gasteiger partial charge in [-0.3, -0.25) is 4.79 Å². The van der Waals surface area contributed by atoms with E-state index in [0.717, 1.165) is 42.2 Å². The van der Waals surface area contributed by atoms with Gasteiger partial charge in [-0.25, -0.2) is 19.9 Å². The van der Waals surface area contributed by atoms with Crippen LogP contribution in [0.25, 0.3) is 0 Å². The number of carbonyl (C=O) groups is 1. The van der Waals surface area contributed by atoms with Gasteiger partial charge in [-0.15, -0.1) is 0 Å². The number of amides is 1. The second-order valence-corrected chi connectivity index (χ2v) is 9.40. The number of carbonyl (C=O) groups excluding carboxylic acids is 1. The van der Waals surface area contributed by atoms with Gasteiger partial charge in [0.25, 0.3) is 0 Å². The molecular weight excluding hydrogens is 378 g/mol. The van der Waals surface area contributed by atoms with Crippen LogP contribution in [0.5, 0.6) is 0 Å². The van der Waals surface area contributed by atoms with E-state index in [1.165, 1.54) is 11.8 Å². The minimum Gasteiger partial charge on any atom is -0.352 e. The number of thioether (sulfide) groups is 2. The summed E-state index contributed by atoms with van der Waals surface area (Å²) in [5.41, 5.74) is 1.85. The fraction of sp³-hybridized carbons (Fsp3) is 0.526. The Morgan fingerprint density at radius 1 is 1.07 bits per heavy atom. The molecule has 2 heterocycles. The summed E-state index contributed by atoms with van der Waals surface area (Å²) in [5, 5.41) is 5.01. The van der Waals surface area contributed by atoms with Gasteiger partial charge in [-0.05, 0) is 58.6 Å². The fourth-order valence-corrected chi connectivity index (χ4v) is 5.03.